The summed E-state index contributed by atoms with van der Waals surface area (Å²) < 4.78 is 0. The summed E-state index contributed by atoms with van der Waals surface area (Å²) >= 11 is 5.98. The molecule has 0 saturated heterocycles. The van der Waals surface area contributed by atoms with E-state index in [1.165, 1.54) is 7.11 Å². The smallest absolute Gasteiger partial charge is 0.200 e. The summed E-state index contributed by atoms with van der Waals surface area (Å²) in [5.41, 5.74) is 16.2. The molecule has 1 aliphatic carbocycles. The van der Waals surface area contributed by atoms with E-state index in [0.29, 0.717) is 23.6 Å². The van der Waals surface area contributed by atoms with E-state index in [4.69, 9.17) is 27.9 Å². The van der Waals surface area contributed by atoms with Gasteiger partial charge in [-0.2, -0.15) is 0 Å². The molecular formula is C16H19ClN4O2. The lowest BCUT2D eigenvalue weighted by Gasteiger charge is -2.36. The van der Waals surface area contributed by atoms with E-state index in [1.807, 2.05) is 6.07 Å². The number of fused-ring (bicyclic) bond motifs is 1. The summed E-state index contributed by atoms with van der Waals surface area (Å²) in [5.74, 6) is -0.204. The number of rotatable bonds is 4. The Balaban J connectivity index is 1.92. The standard InChI is InChI=1S/C16H19ClN4O2/c1-23-21-11-4-5-16(19,14(18)8-11)15(22)13-7-9-6-10(17)2-3-12(9)20-13/h2-3,6-8,14,20-21H,4-5,18-19H2,1H3. The summed E-state index contributed by atoms with van der Waals surface area (Å²) in [4.78, 5) is 20.9. The van der Waals surface area contributed by atoms with Crippen molar-refractivity contribution in [2.75, 3.05) is 7.11 Å². The molecule has 2 unspecified atom stereocenters. The molecule has 6 nitrogen and oxygen atoms in total. The Morgan fingerprint density at radius 1 is 1.48 bits per heavy atom. The fourth-order valence-corrected chi connectivity index (χ4v) is 3.10. The molecule has 2 aromatic rings. The summed E-state index contributed by atoms with van der Waals surface area (Å²) in [5, 5.41) is 1.48. The van der Waals surface area contributed by atoms with Gasteiger partial charge in [-0.3, -0.25) is 15.1 Å². The Kier molecular flexibility index (Phi) is 4.16. The van der Waals surface area contributed by atoms with Crippen LogP contribution in [0.2, 0.25) is 5.02 Å². The molecule has 1 aromatic carbocycles. The van der Waals surface area contributed by atoms with E-state index in [9.17, 15) is 4.79 Å². The molecule has 23 heavy (non-hydrogen) atoms. The minimum Gasteiger partial charge on any atom is -0.352 e. The average Bonchev–Trinajstić information content (AvgIpc) is 2.93. The van der Waals surface area contributed by atoms with Gasteiger partial charge in [0.25, 0.3) is 0 Å². The molecule has 0 spiro atoms. The van der Waals surface area contributed by atoms with Gasteiger partial charge in [0.1, 0.15) is 5.54 Å². The molecule has 1 heterocycles. The third kappa shape index (κ3) is 2.86. The SMILES string of the molecule is CONC1=CC(N)C(N)(C(=O)c2cc3cc(Cl)ccc3[nH]2)CC1. The highest BCUT2D eigenvalue weighted by molar-refractivity contribution is 6.31. The lowest BCUT2D eigenvalue weighted by atomic mass is 9.77. The molecule has 3 rings (SSSR count). The van der Waals surface area contributed by atoms with Gasteiger partial charge in [-0.1, -0.05) is 11.6 Å². The highest BCUT2D eigenvalue weighted by Gasteiger charge is 2.42. The number of nitrogens with one attached hydrogen (secondary N) is 2. The second kappa shape index (κ2) is 5.98. The van der Waals surface area contributed by atoms with Crippen LogP contribution in [0.1, 0.15) is 23.3 Å². The van der Waals surface area contributed by atoms with Crippen molar-refractivity contribution in [2.45, 2.75) is 24.4 Å². The zero-order chi connectivity index (χ0) is 16.6. The summed E-state index contributed by atoms with van der Waals surface area (Å²) in [6.45, 7) is 0. The van der Waals surface area contributed by atoms with Crippen LogP contribution in [0.25, 0.3) is 10.9 Å². The maximum absolute atomic E-state index is 12.9. The lowest BCUT2D eigenvalue weighted by Crippen LogP contribution is -2.61. The van der Waals surface area contributed by atoms with E-state index >= 15 is 0 Å². The van der Waals surface area contributed by atoms with Crippen LogP contribution in [0, 0.1) is 0 Å². The largest absolute Gasteiger partial charge is 0.352 e. The van der Waals surface area contributed by atoms with Crippen molar-refractivity contribution in [1.82, 2.24) is 10.5 Å². The van der Waals surface area contributed by atoms with Crippen LogP contribution in [-0.4, -0.2) is 29.5 Å². The number of carbonyl (C=O) groups is 1. The van der Waals surface area contributed by atoms with Crippen LogP contribution in [0.3, 0.4) is 0 Å². The second-order valence-corrected chi connectivity index (χ2v) is 6.24. The Morgan fingerprint density at radius 2 is 2.26 bits per heavy atom. The first-order chi connectivity index (χ1) is 10.9. The third-order valence-corrected chi connectivity index (χ3v) is 4.50. The number of aromatic amines is 1. The number of benzene rings is 1. The van der Waals surface area contributed by atoms with Crippen LogP contribution in [-0.2, 0) is 4.84 Å². The van der Waals surface area contributed by atoms with Crippen molar-refractivity contribution < 1.29 is 9.63 Å². The number of Topliss-reactive ketones (excluding diaryl/α,β-unsaturated/α-hetero) is 1. The summed E-state index contributed by atoms with van der Waals surface area (Å²) in [7, 11) is 1.53. The number of carbonyl (C=O) groups excluding carboxylic acids is 1. The van der Waals surface area contributed by atoms with Gasteiger partial charge in [0.05, 0.1) is 18.8 Å². The number of ketones is 1. The first-order valence-corrected chi connectivity index (χ1v) is 7.69. The molecule has 1 aromatic heterocycles. The van der Waals surface area contributed by atoms with Crippen molar-refractivity contribution >= 4 is 28.3 Å². The molecule has 2 atom stereocenters. The fourth-order valence-electron chi connectivity index (χ4n) is 2.91. The van der Waals surface area contributed by atoms with E-state index in [0.717, 1.165) is 16.6 Å². The molecule has 0 radical (unpaired) electrons. The Labute approximate surface area is 138 Å². The predicted molar refractivity (Wildman–Crippen MR) is 90.0 cm³/mol. The van der Waals surface area contributed by atoms with Gasteiger partial charge >= 0.3 is 0 Å². The topological polar surface area (TPSA) is 106 Å². The van der Waals surface area contributed by atoms with Gasteiger partial charge < -0.3 is 16.5 Å². The van der Waals surface area contributed by atoms with Gasteiger partial charge in [-0.25, -0.2) is 0 Å². The van der Waals surface area contributed by atoms with E-state index in [2.05, 4.69) is 10.5 Å². The monoisotopic (exact) mass is 334 g/mol. The molecule has 0 saturated carbocycles. The molecule has 1 aliphatic rings. The second-order valence-electron chi connectivity index (χ2n) is 5.81. The van der Waals surface area contributed by atoms with Crippen LogP contribution in [0.4, 0.5) is 0 Å². The first-order valence-electron chi connectivity index (χ1n) is 7.31. The minimum atomic E-state index is -1.15. The van der Waals surface area contributed by atoms with Gasteiger partial charge in [0.15, 0.2) is 0 Å². The number of hydrogen-bond donors (Lipinski definition) is 4. The van der Waals surface area contributed by atoms with Gasteiger partial charge in [-0.15, -0.1) is 0 Å². The van der Waals surface area contributed by atoms with E-state index in [-0.39, 0.29) is 5.78 Å². The maximum atomic E-state index is 12.9. The Morgan fingerprint density at radius 3 is 2.96 bits per heavy atom. The van der Waals surface area contributed by atoms with Gasteiger partial charge in [-0.05, 0) is 43.2 Å². The molecule has 0 bridgehead atoms. The quantitative estimate of drug-likeness (QED) is 0.504. The zero-order valence-electron chi connectivity index (χ0n) is 12.7. The van der Waals surface area contributed by atoms with Crippen molar-refractivity contribution in [2.24, 2.45) is 11.5 Å². The number of aromatic nitrogens is 1. The number of H-pyrrole nitrogens is 1. The first kappa shape index (κ1) is 16.0. The third-order valence-electron chi connectivity index (χ3n) is 4.27. The van der Waals surface area contributed by atoms with Crippen LogP contribution in [0.5, 0.6) is 0 Å². The van der Waals surface area contributed by atoms with Crippen LogP contribution in [0.15, 0.2) is 36.0 Å². The number of hydroxylamine groups is 1. The number of allylic oxidation sites excluding steroid dienone is 1. The molecule has 122 valence electrons. The van der Waals surface area contributed by atoms with Crippen molar-refractivity contribution in [3.63, 3.8) is 0 Å². The van der Waals surface area contributed by atoms with Crippen molar-refractivity contribution in [3.8, 4) is 0 Å². The zero-order valence-corrected chi connectivity index (χ0v) is 13.5. The highest BCUT2D eigenvalue weighted by Crippen LogP contribution is 2.29. The summed E-state index contributed by atoms with van der Waals surface area (Å²) in [6.07, 6.45) is 2.77. The van der Waals surface area contributed by atoms with Crippen molar-refractivity contribution in [1.29, 1.82) is 0 Å². The highest BCUT2D eigenvalue weighted by atomic mass is 35.5. The van der Waals surface area contributed by atoms with E-state index < -0.39 is 11.6 Å². The maximum Gasteiger partial charge on any atom is 0.200 e. The van der Waals surface area contributed by atoms with Gasteiger partial charge in [0, 0.05) is 21.6 Å². The number of hydrogen-bond acceptors (Lipinski definition) is 5. The molecular weight excluding hydrogens is 316 g/mol. The average molecular weight is 335 g/mol. The lowest BCUT2D eigenvalue weighted by molar-refractivity contribution is 0.0831. The minimum absolute atomic E-state index is 0.204. The fraction of sp³-hybridized carbons (Fsp3) is 0.312. The van der Waals surface area contributed by atoms with Gasteiger partial charge in [0.2, 0.25) is 5.78 Å². The Bertz CT molecular complexity index is 785. The molecule has 0 aliphatic heterocycles. The molecule has 7 heteroatoms. The van der Waals surface area contributed by atoms with E-state index in [1.54, 1.807) is 24.3 Å². The number of halogens is 1. The molecule has 0 amide bonds. The Hall–Kier alpha value is -1.86. The molecule has 6 N–H and O–H groups in total. The molecule has 0 fully saturated rings. The van der Waals surface area contributed by atoms with Crippen LogP contribution < -0.4 is 16.9 Å². The van der Waals surface area contributed by atoms with Crippen molar-refractivity contribution in [3.05, 3.63) is 46.8 Å². The summed E-state index contributed by atoms with van der Waals surface area (Å²) in [6, 6.07) is 6.56. The predicted octanol–water partition coefficient (Wildman–Crippen LogP) is 1.86. The number of nitrogens with two attached hydrogens (primary N) is 2. The van der Waals surface area contributed by atoms with Crippen LogP contribution >= 0.6 is 11.6 Å². The normalized spacial score (nSPS) is 24.5.